The number of hydrogen-bond acceptors (Lipinski definition) is 4. The van der Waals surface area contributed by atoms with Crippen molar-refractivity contribution in [2.75, 3.05) is 27.4 Å². The van der Waals surface area contributed by atoms with Crippen LogP contribution >= 0.6 is 0 Å². The van der Waals surface area contributed by atoms with E-state index in [-0.39, 0.29) is 18.6 Å². The number of aliphatic hydroxyl groups is 1. The van der Waals surface area contributed by atoms with Gasteiger partial charge in [-0.2, -0.15) is 0 Å². The number of methoxy groups -OCH3 is 2. The molecule has 1 saturated heterocycles. The number of nitrogens with zero attached hydrogens (tertiary/aromatic N) is 1. The summed E-state index contributed by atoms with van der Waals surface area (Å²) in [4.78, 5) is 14.3. The molecule has 1 aliphatic heterocycles. The summed E-state index contributed by atoms with van der Waals surface area (Å²) in [5.74, 6) is 1.18. The maximum atomic E-state index is 12.6. The molecule has 1 heterocycles. The minimum absolute atomic E-state index is 0.00582. The van der Waals surface area contributed by atoms with Gasteiger partial charge in [-0.25, -0.2) is 0 Å². The Morgan fingerprint density at radius 1 is 1.35 bits per heavy atom. The molecule has 5 nitrogen and oxygen atoms in total. The van der Waals surface area contributed by atoms with Crippen LogP contribution in [0.25, 0.3) is 0 Å². The van der Waals surface area contributed by atoms with E-state index in [9.17, 15) is 9.90 Å². The number of aliphatic hydroxyl groups excluding tert-OH is 1. The second-order valence-electron chi connectivity index (χ2n) is 4.98. The number of benzene rings is 1. The lowest BCUT2D eigenvalue weighted by molar-refractivity contribution is 0.0677. The van der Waals surface area contributed by atoms with Crippen LogP contribution in [0.1, 0.15) is 28.8 Å². The summed E-state index contributed by atoms with van der Waals surface area (Å²) in [6.45, 7) is 2.58. The molecule has 110 valence electrons. The van der Waals surface area contributed by atoms with Gasteiger partial charge in [0.1, 0.15) is 11.5 Å². The van der Waals surface area contributed by atoms with Crippen molar-refractivity contribution in [3.63, 3.8) is 0 Å². The Bertz CT molecular complexity index is 476. The zero-order valence-corrected chi connectivity index (χ0v) is 12.2. The van der Waals surface area contributed by atoms with Crippen molar-refractivity contribution in [1.82, 2.24) is 4.90 Å². The molecule has 1 aliphatic rings. The minimum atomic E-state index is -0.0850. The smallest absolute Gasteiger partial charge is 0.254 e. The molecule has 2 rings (SSSR count). The van der Waals surface area contributed by atoms with Crippen LogP contribution < -0.4 is 9.47 Å². The highest BCUT2D eigenvalue weighted by molar-refractivity contribution is 5.95. The molecule has 5 heteroatoms. The third kappa shape index (κ3) is 2.58. The van der Waals surface area contributed by atoms with Gasteiger partial charge < -0.3 is 19.5 Å². The van der Waals surface area contributed by atoms with Crippen molar-refractivity contribution < 1.29 is 19.4 Å². The maximum Gasteiger partial charge on any atom is 0.254 e. The average Bonchev–Trinajstić information content (AvgIpc) is 2.95. The normalized spacial score (nSPS) is 18.2. The number of ether oxygens (including phenoxy) is 2. The van der Waals surface area contributed by atoms with Gasteiger partial charge in [0.2, 0.25) is 0 Å². The summed E-state index contributed by atoms with van der Waals surface area (Å²) in [6, 6.07) is 3.38. The first kappa shape index (κ1) is 14.7. The van der Waals surface area contributed by atoms with Gasteiger partial charge in [0.05, 0.1) is 26.9 Å². The average molecular weight is 279 g/mol. The predicted octanol–water partition coefficient (Wildman–Crippen LogP) is 1.61. The van der Waals surface area contributed by atoms with Gasteiger partial charge in [-0.05, 0) is 31.9 Å². The second-order valence-corrected chi connectivity index (χ2v) is 4.98. The van der Waals surface area contributed by atoms with Crippen LogP contribution in [0.15, 0.2) is 12.1 Å². The highest BCUT2D eigenvalue weighted by Crippen LogP contribution is 2.31. The van der Waals surface area contributed by atoms with Gasteiger partial charge in [0.15, 0.2) is 0 Å². The number of amides is 1. The molecule has 0 aliphatic carbocycles. The zero-order chi connectivity index (χ0) is 14.7. The molecule has 0 bridgehead atoms. The Labute approximate surface area is 119 Å². The fourth-order valence-corrected chi connectivity index (χ4v) is 2.67. The van der Waals surface area contributed by atoms with Gasteiger partial charge in [-0.3, -0.25) is 4.79 Å². The Morgan fingerprint density at radius 2 is 1.95 bits per heavy atom. The molecule has 1 fully saturated rings. The van der Waals surface area contributed by atoms with E-state index in [2.05, 4.69) is 0 Å². The van der Waals surface area contributed by atoms with E-state index in [1.165, 1.54) is 0 Å². The van der Waals surface area contributed by atoms with E-state index >= 15 is 0 Å². The van der Waals surface area contributed by atoms with E-state index in [0.717, 1.165) is 18.4 Å². The monoisotopic (exact) mass is 279 g/mol. The van der Waals surface area contributed by atoms with Crippen LogP contribution in [-0.4, -0.2) is 49.3 Å². The van der Waals surface area contributed by atoms with Crippen molar-refractivity contribution in [2.24, 2.45) is 0 Å². The highest BCUT2D eigenvalue weighted by Gasteiger charge is 2.29. The molecule has 0 radical (unpaired) electrons. The molecule has 1 atom stereocenters. The lowest BCUT2D eigenvalue weighted by atomic mass is 10.1. The number of rotatable bonds is 4. The fraction of sp³-hybridized carbons (Fsp3) is 0.533. The zero-order valence-electron chi connectivity index (χ0n) is 12.2. The first-order valence-electron chi connectivity index (χ1n) is 6.76. The third-order valence-electron chi connectivity index (χ3n) is 3.85. The van der Waals surface area contributed by atoms with Gasteiger partial charge >= 0.3 is 0 Å². The van der Waals surface area contributed by atoms with E-state index in [4.69, 9.17) is 9.47 Å². The highest BCUT2D eigenvalue weighted by atomic mass is 16.5. The van der Waals surface area contributed by atoms with Gasteiger partial charge in [0, 0.05) is 17.7 Å². The molecule has 1 unspecified atom stereocenters. The first-order valence-corrected chi connectivity index (χ1v) is 6.76. The third-order valence-corrected chi connectivity index (χ3v) is 3.85. The predicted molar refractivity (Wildman–Crippen MR) is 75.4 cm³/mol. The number of likely N-dealkylation sites (tertiary alicyclic amines) is 1. The largest absolute Gasteiger partial charge is 0.496 e. The van der Waals surface area contributed by atoms with Crippen molar-refractivity contribution in [1.29, 1.82) is 0 Å². The lowest BCUT2D eigenvalue weighted by Gasteiger charge is -2.23. The molecule has 1 N–H and O–H groups in total. The SMILES string of the molecule is COc1cc(C(=O)N2CCCC2CO)cc(OC)c1C. The van der Waals surface area contributed by atoms with E-state index in [0.29, 0.717) is 23.6 Å². The second kappa shape index (κ2) is 6.13. The molecule has 1 aromatic rings. The molecule has 0 saturated carbocycles. The molecule has 20 heavy (non-hydrogen) atoms. The summed E-state index contributed by atoms with van der Waals surface area (Å²) in [5, 5.41) is 9.33. The van der Waals surface area contributed by atoms with E-state index < -0.39 is 0 Å². The summed E-state index contributed by atoms with van der Waals surface area (Å²) < 4.78 is 10.6. The van der Waals surface area contributed by atoms with Crippen LogP contribution in [0.4, 0.5) is 0 Å². The van der Waals surface area contributed by atoms with Gasteiger partial charge in [-0.15, -0.1) is 0 Å². The lowest BCUT2D eigenvalue weighted by Crippen LogP contribution is -2.37. The fourth-order valence-electron chi connectivity index (χ4n) is 2.67. The van der Waals surface area contributed by atoms with E-state index in [1.807, 2.05) is 6.92 Å². The topological polar surface area (TPSA) is 59.0 Å². The summed E-state index contributed by atoms with van der Waals surface area (Å²) in [7, 11) is 3.14. The molecular formula is C15H21NO4. The minimum Gasteiger partial charge on any atom is -0.496 e. The van der Waals surface area contributed by atoms with Crippen molar-refractivity contribution >= 4 is 5.91 Å². The number of carbonyl (C=O) groups is 1. The Balaban J connectivity index is 2.34. The van der Waals surface area contributed by atoms with Gasteiger partial charge in [-0.1, -0.05) is 0 Å². The number of hydrogen-bond donors (Lipinski definition) is 1. The van der Waals surface area contributed by atoms with Gasteiger partial charge in [0.25, 0.3) is 5.91 Å². The van der Waals surface area contributed by atoms with Crippen LogP contribution in [-0.2, 0) is 0 Å². The van der Waals surface area contributed by atoms with Crippen LogP contribution in [0.3, 0.4) is 0 Å². The van der Waals surface area contributed by atoms with Crippen LogP contribution in [0.2, 0.25) is 0 Å². The molecular weight excluding hydrogens is 258 g/mol. The van der Waals surface area contributed by atoms with E-state index in [1.54, 1.807) is 31.3 Å². The van der Waals surface area contributed by atoms with Crippen LogP contribution in [0.5, 0.6) is 11.5 Å². The standard InChI is InChI=1S/C15H21NO4/c1-10-13(19-2)7-11(8-14(10)20-3)15(18)16-6-4-5-12(16)9-17/h7-8,12,17H,4-6,9H2,1-3H3. The molecule has 0 spiro atoms. The van der Waals surface area contributed by atoms with Crippen molar-refractivity contribution in [3.8, 4) is 11.5 Å². The number of carbonyl (C=O) groups excluding carboxylic acids is 1. The van der Waals surface area contributed by atoms with Crippen LogP contribution in [0, 0.1) is 6.92 Å². The summed E-state index contributed by atoms with van der Waals surface area (Å²) in [5.41, 5.74) is 1.40. The Morgan fingerprint density at radius 3 is 2.45 bits per heavy atom. The Hall–Kier alpha value is -1.75. The molecule has 0 aromatic heterocycles. The first-order chi connectivity index (χ1) is 9.62. The Kier molecular flexibility index (Phi) is 4.49. The van der Waals surface area contributed by atoms with Crippen molar-refractivity contribution in [2.45, 2.75) is 25.8 Å². The van der Waals surface area contributed by atoms with Crippen molar-refractivity contribution in [3.05, 3.63) is 23.3 Å². The molecule has 1 aromatic carbocycles. The summed E-state index contributed by atoms with van der Waals surface area (Å²) >= 11 is 0. The molecule has 1 amide bonds. The maximum absolute atomic E-state index is 12.6. The summed E-state index contributed by atoms with van der Waals surface area (Å²) in [6.07, 6.45) is 1.78. The quantitative estimate of drug-likeness (QED) is 0.909.